The van der Waals surface area contributed by atoms with Crippen LogP contribution in [0.5, 0.6) is 0 Å². The third kappa shape index (κ3) is 3.42. The highest BCUT2D eigenvalue weighted by Gasteiger charge is 2.17. The number of nitrogens with one attached hydrogen (secondary N) is 1. The van der Waals surface area contributed by atoms with Crippen LogP contribution in [-0.4, -0.2) is 12.4 Å². The maximum absolute atomic E-state index is 14.5. The average molecular weight is 350 g/mol. The van der Waals surface area contributed by atoms with Crippen molar-refractivity contribution in [1.29, 1.82) is 5.41 Å². The van der Waals surface area contributed by atoms with Gasteiger partial charge in [-0.15, -0.1) is 0 Å². The van der Waals surface area contributed by atoms with Crippen LogP contribution < -0.4 is 10.6 Å². The molecular formula is C16H17BrFN3. The van der Waals surface area contributed by atoms with Gasteiger partial charge in [-0.05, 0) is 40.5 Å². The molecule has 2 rings (SSSR count). The Kier molecular flexibility index (Phi) is 4.96. The number of nitrogens with zero attached hydrogens (tertiary/aromatic N) is 1. The van der Waals surface area contributed by atoms with Crippen molar-refractivity contribution in [3.8, 4) is 0 Å². The minimum absolute atomic E-state index is 0.154. The van der Waals surface area contributed by atoms with Gasteiger partial charge in [0.05, 0.1) is 10.2 Å². The van der Waals surface area contributed by atoms with Crippen LogP contribution in [0.2, 0.25) is 0 Å². The topological polar surface area (TPSA) is 53.1 Å². The van der Waals surface area contributed by atoms with E-state index in [9.17, 15) is 4.39 Å². The Morgan fingerprint density at radius 1 is 1.24 bits per heavy atom. The number of hydrogen-bond donors (Lipinski definition) is 2. The number of anilines is 1. The first-order chi connectivity index (χ1) is 10.0. The van der Waals surface area contributed by atoms with Crippen LogP contribution in [0.4, 0.5) is 10.1 Å². The molecule has 0 radical (unpaired) electrons. The molecule has 0 aliphatic carbocycles. The second-order valence-electron chi connectivity index (χ2n) is 4.67. The molecule has 0 bridgehead atoms. The van der Waals surface area contributed by atoms with E-state index < -0.39 is 0 Å². The van der Waals surface area contributed by atoms with Crippen molar-refractivity contribution in [3.63, 3.8) is 0 Å². The summed E-state index contributed by atoms with van der Waals surface area (Å²) in [5, 5.41) is 7.44. The fourth-order valence-corrected chi connectivity index (χ4v) is 2.71. The molecule has 110 valence electrons. The van der Waals surface area contributed by atoms with Gasteiger partial charge in [0.1, 0.15) is 5.84 Å². The first kappa shape index (κ1) is 15.5. The lowest BCUT2D eigenvalue weighted by atomic mass is 10.1. The van der Waals surface area contributed by atoms with Gasteiger partial charge in [-0.3, -0.25) is 5.41 Å². The molecule has 3 N–H and O–H groups in total. The average Bonchev–Trinajstić information content (AvgIpc) is 2.48. The van der Waals surface area contributed by atoms with E-state index in [0.29, 0.717) is 24.3 Å². The largest absolute Gasteiger partial charge is 0.384 e. The van der Waals surface area contributed by atoms with E-state index in [1.54, 1.807) is 12.1 Å². The molecule has 2 aromatic carbocycles. The van der Waals surface area contributed by atoms with Gasteiger partial charge in [0.25, 0.3) is 0 Å². The van der Waals surface area contributed by atoms with E-state index in [2.05, 4.69) is 15.9 Å². The van der Waals surface area contributed by atoms with E-state index in [-0.39, 0.29) is 16.1 Å². The summed E-state index contributed by atoms with van der Waals surface area (Å²) in [6.45, 7) is 3.28. The van der Waals surface area contributed by atoms with Crippen molar-refractivity contribution < 1.29 is 4.39 Å². The Morgan fingerprint density at radius 2 is 1.90 bits per heavy atom. The van der Waals surface area contributed by atoms with Gasteiger partial charge >= 0.3 is 0 Å². The highest BCUT2D eigenvalue weighted by Crippen LogP contribution is 2.30. The zero-order chi connectivity index (χ0) is 15.4. The SMILES string of the molecule is CCN(Cc1ccccc1)c1ccc(C(=N)N)c(Br)c1F. The molecule has 3 nitrogen and oxygen atoms in total. The normalized spacial score (nSPS) is 10.4. The first-order valence-electron chi connectivity index (χ1n) is 6.65. The number of hydrogen-bond acceptors (Lipinski definition) is 2. The molecule has 0 aliphatic rings. The van der Waals surface area contributed by atoms with Crippen molar-refractivity contribution in [2.24, 2.45) is 5.73 Å². The Hall–Kier alpha value is -1.88. The van der Waals surface area contributed by atoms with Gasteiger partial charge in [0.15, 0.2) is 5.82 Å². The van der Waals surface area contributed by atoms with E-state index in [1.165, 1.54) is 0 Å². The highest BCUT2D eigenvalue weighted by molar-refractivity contribution is 9.10. The van der Waals surface area contributed by atoms with Crippen LogP contribution in [0.15, 0.2) is 46.9 Å². The van der Waals surface area contributed by atoms with Crippen LogP contribution in [0.25, 0.3) is 0 Å². The molecule has 0 saturated carbocycles. The molecule has 0 saturated heterocycles. The fraction of sp³-hybridized carbons (Fsp3) is 0.188. The summed E-state index contributed by atoms with van der Waals surface area (Å²) in [5.74, 6) is -0.543. The zero-order valence-electron chi connectivity index (χ0n) is 11.7. The second kappa shape index (κ2) is 6.72. The van der Waals surface area contributed by atoms with Crippen LogP contribution in [0.3, 0.4) is 0 Å². The number of benzene rings is 2. The molecule has 21 heavy (non-hydrogen) atoms. The molecule has 0 aromatic heterocycles. The minimum atomic E-state index is -0.388. The van der Waals surface area contributed by atoms with E-state index >= 15 is 0 Å². The van der Waals surface area contributed by atoms with Crippen LogP contribution in [-0.2, 0) is 6.54 Å². The number of amidine groups is 1. The summed E-state index contributed by atoms with van der Waals surface area (Å²) in [6.07, 6.45) is 0. The number of nitrogens with two attached hydrogens (primary N) is 1. The monoisotopic (exact) mass is 349 g/mol. The molecule has 0 atom stereocenters. The van der Waals surface area contributed by atoms with Gasteiger partial charge in [-0.1, -0.05) is 30.3 Å². The van der Waals surface area contributed by atoms with Crippen molar-refractivity contribution in [1.82, 2.24) is 0 Å². The molecule has 0 unspecified atom stereocenters. The predicted octanol–water partition coefficient (Wildman–Crippen LogP) is 3.90. The van der Waals surface area contributed by atoms with Crippen molar-refractivity contribution in [2.75, 3.05) is 11.4 Å². The summed E-state index contributed by atoms with van der Waals surface area (Å²) in [4.78, 5) is 1.94. The fourth-order valence-electron chi connectivity index (χ4n) is 2.16. The number of halogens is 2. The number of rotatable bonds is 5. The van der Waals surface area contributed by atoms with Crippen LogP contribution >= 0.6 is 15.9 Å². The smallest absolute Gasteiger partial charge is 0.161 e. The molecule has 0 amide bonds. The van der Waals surface area contributed by atoms with Gasteiger partial charge in [0.2, 0.25) is 0 Å². The van der Waals surface area contributed by atoms with Gasteiger partial charge in [-0.25, -0.2) is 4.39 Å². The quantitative estimate of drug-likeness (QED) is 0.635. The van der Waals surface area contributed by atoms with E-state index in [4.69, 9.17) is 11.1 Å². The van der Waals surface area contributed by atoms with Gasteiger partial charge in [0, 0.05) is 18.7 Å². The van der Waals surface area contributed by atoms with Gasteiger partial charge in [-0.2, -0.15) is 0 Å². The Balaban J connectivity index is 2.35. The van der Waals surface area contributed by atoms with Gasteiger partial charge < -0.3 is 10.6 Å². The third-order valence-electron chi connectivity index (χ3n) is 3.29. The third-order valence-corrected chi connectivity index (χ3v) is 4.07. The lowest BCUT2D eigenvalue weighted by Crippen LogP contribution is -2.24. The maximum Gasteiger partial charge on any atom is 0.161 e. The summed E-state index contributed by atoms with van der Waals surface area (Å²) < 4.78 is 14.8. The van der Waals surface area contributed by atoms with Crippen LogP contribution in [0, 0.1) is 11.2 Å². The predicted molar refractivity (Wildman–Crippen MR) is 88.3 cm³/mol. The molecule has 0 aliphatic heterocycles. The van der Waals surface area contributed by atoms with E-state index in [0.717, 1.165) is 5.56 Å². The number of nitrogen functional groups attached to an aromatic ring is 1. The lowest BCUT2D eigenvalue weighted by molar-refractivity contribution is 0.611. The molecule has 2 aromatic rings. The zero-order valence-corrected chi connectivity index (χ0v) is 13.3. The van der Waals surface area contributed by atoms with Crippen molar-refractivity contribution >= 4 is 27.5 Å². The van der Waals surface area contributed by atoms with E-state index in [1.807, 2.05) is 42.2 Å². The van der Waals surface area contributed by atoms with Crippen LogP contribution in [0.1, 0.15) is 18.1 Å². The Bertz CT molecular complexity index is 643. The summed E-state index contributed by atoms with van der Waals surface area (Å²) in [6, 6.07) is 13.3. The Morgan fingerprint density at radius 3 is 2.48 bits per heavy atom. The molecule has 5 heteroatoms. The molecular weight excluding hydrogens is 333 g/mol. The second-order valence-corrected chi connectivity index (χ2v) is 5.47. The van der Waals surface area contributed by atoms with Crippen molar-refractivity contribution in [2.45, 2.75) is 13.5 Å². The van der Waals surface area contributed by atoms with Crippen molar-refractivity contribution in [3.05, 3.63) is 63.9 Å². The maximum atomic E-state index is 14.5. The minimum Gasteiger partial charge on any atom is -0.384 e. The summed E-state index contributed by atoms with van der Waals surface area (Å²) in [7, 11) is 0. The first-order valence-corrected chi connectivity index (χ1v) is 7.45. The molecule has 0 spiro atoms. The Labute approximate surface area is 132 Å². The lowest BCUT2D eigenvalue weighted by Gasteiger charge is -2.24. The summed E-state index contributed by atoms with van der Waals surface area (Å²) in [5.41, 5.74) is 7.42. The summed E-state index contributed by atoms with van der Waals surface area (Å²) >= 11 is 3.19. The highest BCUT2D eigenvalue weighted by atomic mass is 79.9. The standard InChI is InChI=1S/C16H17BrFN3/c1-2-21(10-11-6-4-3-5-7-11)13-9-8-12(16(19)20)14(17)15(13)18/h3-9H,2,10H2,1H3,(H3,19,20). The molecule has 0 heterocycles. The molecule has 0 fully saturated rings.